The lowest BCUT2D eigenvalue weighted by molar-refractivity contribution is -0.122. The second-order valence-corrected chi connectivity index (χ2v) is 9.15. The van der Waals surface area contributed by atoms with Gasteiger partial charge in [0.05, 0.1) is 22.9 Å². The number of halogens is 2. The Morgan fingerprint density at radius 1 is 1.03 bits per heavy atom. The molecule has 1 aliphatic heterocycles. The van der Waals surface area contributed by atoms with Gasteiger partial charge in [-0.25, -0.2) is 14.5 Å². The van der Waals surface area contributed by atoms with Crippen molar-refractivity contribution in [2.24, 2.45) is 0 Å². The van der Waals surface area contributed by atoms with E-state index in [1.165, 1.54) is 30.3 Å². The molecule has 0 aromatic heterocycles. The highest BCUT2D eigenvalue weighted by Crippen LogP contribution is 2.29. The molecule has 8 nitrogen and oxygen atoms in total. The van der Waals surface area contributed by atoms with E-state index < -0.39 is 23.8 Å². The first-order valence-electron chi connectivity index (χ1n) is 11.1. The summed E-state index contributed by atoms with van der Waals surface area (Å²) < 4.78 is 11.7. The first kappa shape index (κ1) is 26.1. The molecular weight excluding hydrogens is 564 g/mol. The summed E-state index contributed by atoms with van der Waals surface area (Å²) in [6.45, 7) is 2.21. The number of carbonyl (C=O) groups excluding carboxylic acids is 4. The van der Waals surface area contributed by atoms with E-state index in [1.807, 2.05) is 24.3 Å². The fourth-order valence-corrected chi connectivity index (χ4v) is 3.99. The average Bonchev–Trinajstić information content (AvgIpc) is 2.87. The van der Waals surface area contributed by atoms with Crippen LogP contribution in [0.2, 0.25) is 5.02 Å². The lowest BCUT2D eigenvalue weighted by Gasteiger charge is -2.26. The van der Waals surface area contributed by atoms with Crippen LogP contribution in [0.5, 0.6) is 5.75 Å². The minimum atomic E-state index is -0.897. The predicted molar refractivity (Wildman–Crippen MR) is 141 cm³/mol. The summed E-state index contributed by atoms with van der Waals surface area (Å²) in [5, 5.41) is 2.45. The molecule has 0 saturated carbocycles. The van der Waals surface area contributed by atoms with Gasteiger partial charge in [0.2, 0.25) is 0 Å². The molecule has 0 spiro atoms. The molecule has 0 unspecified atom stereocenters. The van der Waals surface area contributed by atoms with Crippen LogP contribution in [0.4, 0.5) is 10.5 Å². The Bertz CT molecular complexity index is 1400. The maximum Gasteiger partial charge on any atom is 0.338 e. The van der Waals surface area contributed by atoms with Gasteiger partial charge in [-0.2, -0.15) is 0 Å². The third kappa shape index (κ3) is 6.07. The van der Waals surface area contributed by atoms with Crippen molar-refractivity contribution in [2.45, 2.75) is 13.5 Å². The number of hydrogen-bond donors (Lipinski definition) is 1. The number of benzene rings is 3. The van der Waals surface area contributed by atoms with Crippen LogP contribution in [-0.4, -0.2) is 30.4 Å². The fourth-order valence-electron chi connectivity index (χ4n) is 3.49. The summed E-state index contributed by atoms with van der Waals surface area (Å²) in [6.07, 6.45) is 1.34. The fraction of sp³-hybridized carbons (Fsp3) is 0.111. The molecule has 1 heterocycles. The van der Waals surface area contributed by atoms with Gasteiger partial charge in [-0.1, -0.05) is 45.7 Å². The number of rotatable bonds is 7. The van der Waals surface area contributed by atoms with Gasteiger partial charge < -0.3 is 9.47 Å². The number of ether oxygens (including phenoxy) is 2. The topological polar surface area (TPSA) is 102 Å². The van der Waals surface area contributed by atoms with Gasteiger partial charge in [0.1, 0.15) is 17.9 Å². The Kier molecular flexibility index (Phi) is 8.05. The van der Waals surface area contributed by atoms with Crippen LogP contribution in [0.3, 0.4) is 0 Å². The van der Waals surface area contributed by atoms with Crippen molar-refractivity contribution in [3.05, 3.63) is 98.5 Å². The predicted octanol–water partition coefficient (Wildman–Crippen LogP) is 5.52. The van der Waals surface area contributed by atoms with E-state index in [-0.39, 0.29) is 28.5 Å². The standard InChI is InChI=1S/C27H20BrClN2O6/c1-2-36-26(34)18-6-10-20(11-7-18)31-25(33)21(24(32)30-27(31)35)13-17-5-12-23(22(29)14-17)37-15-16-3-8-19(28)9-4-16/h3-14H,2,15H2,1H3,(H,30,32,35)/b21-13+. The van der Waals surface area contributed by atoms with Crippen LogP contribution in [0.1, 0.15) is 28.4 Å². The summed E-state index contributed by atoms with van der Waals surface area (Å²) in [5.41, 5.74) is 1.61. The molecule has 1 aliphatic rings. The van der Waals surface area contributed by atoms with Gasteiger partial charge in [-0.15, -0.1) is 0 Å². The molecule has 4 amide bonds. The lowest BCUT2D eigenvalue weighted by Crippen LogP contribution is -2.54. The molecule has 188 valence electrons. The van der Waals surface area contributed by atoms with Gasteiger partial charge in [0.25, 0.3) is 11.8 Å². The number of hydrogen-bond acceptors (Lipinski definition) is 6. The van der Waals surface area contributed by atoms with Crippen LogP contribution in [0.15, 0.2) is 76.8 Å². The van der Waals surface area contributed by atoms with Crippen LogP contribution in [-0.2, 0) is 20.9 Å². The van der Waals surface area contributed by atoms with E-state index in [0.29, 0.717) is 17.9 Å². The third-order valence-electron chi connectivity index (χ3n) is 5.31. The van der Waals surface area contributed by atoms with E-state index in [4.69, 9.17) is 21.1 Å². The molecular formula is C27H20BrClN2O6. The maximum absolute atomic E-state index is 13.1. The highest BCUT2D eigenvalue weighted by molar-refractivity contribution is 9.10. The van der Waals surface area contributed by atoms with Crippen molar-refractivity contribution >= 4 is 63.1 Å². The summed E-state index contributed by atoms with van der Waals surface area (Å²) in [7, 11) is 0. The normalized spacial score (nSPS) is 14.5. The molecule has 1 N–H and O–H groups in total. The van der Waals surface area contributed by atoms with E-state index >= 15 is 0 Å². The minimum absolute atomic E-state index is 0.184. The van der Waals surface area contributed by atoms with Crippen LogP contribution < -0.4 is 15.0 Å². The van der Waals surface area contributed by atoms with Crippen LogP contribution >= 0.6 is 27.5 Å². The number of esters is 1. The number of barbiturate groups is 1. The van der Waals surface area contributed by atoms with Crippen molar-refractivity contribution in [1.29, 1.82) is 0 Å². The third-order valence-corrected chi connectivity index (χ3v) is 6.14. The Hall–Kier alpha value is -3.95. The van der Waals surface area contributed by atoms with Crippen molar-refractivity contribution in [3.63, 3.8) is 0 Å². The largest absolute Gasteiger partial charge is 0.487 e. The molecule has 0 radical (unpaired) electrons. The molecule has 1 fully saturated rings. The average molecular weight is 584 g/mol. The summed E-state index contributed by atoms with van der Waals surface area (Å²) in [4.78, 5) is 50.8. The Labute approximate surface area is 225 Å². The van der Waals surface area contributed by atoms with Gasteiger partial charge in [-0.05, 0) is 72.7 Å². The quantitative estimate of drug-likeness (QED) is 0.223. The Balaban J connectivity index is 1.53. The van der Waals surface area contributed by atoms with Gasteiger partial charge in [-0.3, -0.25) is 14.9 Å². The Morgan fingerprint density at radius 2 is 1.73 bits per heavy atom. The minimum Gasteiger partial charge on any atom is -0.487 e. The second kappa shape index (κ2) is 11.4. The second-order valence-electron chi connectivity index (χ2n) is 7.83. The molecule has 37 heavy (non-hydrogen) atoms. The van der Waals surface area contributed by atoms with E-state index in [2.05, 4.69) is 21.2 Å². The molecule has 1 saturated heterocycles. The summed E-state index contributed by atoms with van der Waals surface area (Å²) in [6, 6.07) is 17.3. The number of nitrogens with zero attached hydrogens (tertiary/aromatic N) is 1. The molecule has 0 aliphatic carbocycles. The summed E-state index contributed by atoms with van der Waals surface area (Å²) in [5.74, 6) is -1.74. The van der Waals surface area contributed by atoms with Crippen LogP contribution in [0, 0.1) is 0 Å². The number of anilines is 1. The van der Waals surface area contributed by atoms with Crippen molar-refractivity contribution in [2.75, 3.05) is 11.5 Å². The first-order valence-corrected chi connectivity index (χ1v) is 12.3. The highest BCUT2D eigenvalue weighted by Gasteiger charge is 2.36. The smallest absolute Gasteiger partial charge is 0.338 e. The zero-order chi connectivity index (χ0) is 26.5. The molecule has 4 rings (SSSR count). The number of urea groups is 1. The molecule has 0 bridgehead atoms. The zero-order valence-corrected chi connectivity index (χ0v) is 21.8. The number of imide groups is 2. The molecule has 3 aromatic rings. The maximum atomic E-state index is 13.1. The van der Waals surface area contributed by atoms with Gasteiger partial charge in [0.15, 0.2) is 0 Å². The molecule has 0 atom stereocenters. The zero-order valence-electron chi connectivity index (χ0n) is 19.5. The van der Waals surface area contributed by atoms with Crippen molar-refractivity contribution in [1.82, 2.24) is 5.32 Å². The molecule has 10 heteroatoms. The Morgan fingerprint density at radius 3 is 2.38 bits per heavy atom. The number of carbonyl (C=O) groups is 4. The van der Waals surface area contributed by atoms with E-state index in [1.54, 1.807) is 25.1 Å². The molecule has 3 aromatic carbocycles. The summed E-state index contributed by atoms with van der Waals surface area (Å²) >= 11 is 9.76. The monoisotopic (exact) mass is 582 g/mol. The van der Waals surface area contributed by atoms with Crippen LogP contribution in [0.25, 0.3) is 6.08 Å². The van der Waals surface area contributed by atoms with E-state index in [0.717, 1.165) is 14.9 Å². The van der Waals surface area contributed by atoms with Crippen molar-refractivity contribution < 1.29 is 28.7 Å². The lowest BCUT2D eigenvalue weighted by atomic mass is 10.1. The van der Waals surface area contributed by atoms with Gasteiger partial charge in [0, 0.05) is 4.47 Å². The van der Waals surface area contributed by atoms with Gasteiger partial charge >= 0.3 is 12.0 Å². The van der Waals surface area contributed by atoms with E-state index in [9.17, 15) is 19.2 Å². The van der Waals surface area contributed by atoms with Crippen molar-refractivity contribution in [3.8, 4) is 5.75 Å². The first-order chi connectivity index (χ1) is 17.8. The number of nitrogens with one attached hydrogen (secondary N) is 1. The SMILES string of the molecule is CCOC(=O)c1ccc(N2C(=O)NC(=O)/C(=C\c3ccc(OCc4ccc(Br)cc4)c(Cl)c3)C2=O)cc1. The highest BCUT2D eigenvalue weighted by atomic mass is 79.9. The number of amides is 4.